The Hall–Kier alpha value is -1.69. The fraction of sp³-hybridized carbons (Fsp3) is 0.581. The van der Waals surface area contributed by atoms with E-state index < -0.39 is 5.54 Å². The van der Waals surface area contributed by atoms with E-state index >= 15 is 0 Å². The predicted molar refractivity (Wildman–Crippen MR) is 141 cm³/mol. The summed E-state index contributed by atoms with van der Waals surface area (Å²) in [6.07, 6.45) is 9.67. The predicted octanol–water partition coefficient (Wildman–Crippen LogP) is 2.57. The van der Waals surface area contributed by atoms with Gasteiger partial charge in [-0.2, -0.15) is 0 Å². The summed E-state index contributed by atoms with van der Waals surface area (Å²) in [6.45, 7) is 8.78. The van der Waals surface area contributed by atoms with Gasteiger partial charge in [0.25, 0.3) is 0 Å². The van der Waals surface area contributed by atoms with Crippen molar-refractivity contribution < 1.29 is 31.0 Å². The Morgan fingerprint density at radius 3 is 2.25 bits per heavy atom. The van der Waals surface area contributed by atoms with Crippen LogP contribution in [0, 0.1) is 5.92 Å². The zero-order chi connectivity index (χ0) is 24.1. The van der Waals surface area contributed by atoms with E-state index in [1.165, 1.54) is 57.3 Å². The average molecular weight is 556 g/mol. The number of hydrogen-bond acceptors (Lipinski definition) is 3. The minimum Gasteiger partial charge on any atom is -1.00 e. The van der Waals surface area contributed by atoms with Crippen molar-refractivity contribution in [2.45, 2.75) is 69.9 Å². The van der Waals surface area contributed by atoms with E-state index in [0.717, 1.165) is 48.9 Å². The molecule has 0 aliphatic carbocycles. The van der Waals surface area contributed by atoms with Gasteiger partial charge in [0, 0.05) is 18.8 Å². The molecule has 2 bridgehead atoms. The molecule has 0 unspecified atom stereocenters. The van der Waals surface area contributed by atoms with Crippen LogP contribution in [0.3, 0.4) is 0 Å². The summed E-state index contributed by atoms with van der Waals surface area (Å²) >= 11 is 0. The molecule has 4 saturated heterocycles. The van der Waals surface area contributed by atoms with Crippen molar-refractivity contribution in [3.05, 3.63) is 71.8 Å². The molecule has 0 radical (unpaired) electrons. The number of hydrogen-bond donors (Lipinski definition) is 0. The molecule has 2 atom stereocenters. The van der Waals surface area contributed by atoms with Gasteiger partial charge in [0.15, 0.2) is 6.10 Å². The van der Waals surface area contributed by atoms with Gasteiger partial charge in [0.1, 0.15) is 12.1 Å². The van der Waals surface area contributed by atoms with Crippen LogP contribution >= 0.6 is 0 Å². The number of benzene rings is 2. The lowest BCUT2D eigenvalue weighted by atomic mass is 9.82. The molecule has 196 valence electrons. The highest BCUT2D eigenvalue weighted by Gasteiger charge is 2.50. The fourth-order valence-corrected chi connectivity index (χ4v) is 6.88. The van der Waals surface area contributed by atoms with Gasteiger partial charge < -0.3 is 26.2 Å². The lowest BCUT2D eigenvalue weighted by Crippen LogP contribution is -3.00. The fourth-order valence-electron chi connectivity index (χ4n) is 6.88. The third kappa shape index (κ3) is 5.89. The zero-order valence-electron chi connectivity index (χ0n) is 21.9. The Bertz CT molecular complexity index is 955. The summed E-state index contributed by atoms with van der Waals surface area (Å²) in [4.78, 5) is 16.3. The van der Waals surface area contributed by atoms with Crippen LogP contribution in [0.25, 0.3) is 0 Å². The first-order valence-corrected chi connectivity index (χ1v) is 14.0. The second-order valence-electron chi connectivity index (χ2n) is 11.4. The third-order valence-corrected chi connectivity index (χ3v) is 9.21. The summed E-state index contributed by atoms with van der Waals surface area (Å²) in [5, 5.41) is 0. The molecule has 6 rings (SSSR count). The van der Waals surface area contributed by atoms with Crippen molar-refractivity contribution in [1.29, 1.82) is 0 Å². The Balaban J connectivity index is 0.00000304. The molecule has 0 aromatic heterocycles. The zero-order valence-corrected chi connectivity index (χ0v) is 23.5. The third-order valence-electron chi connectivity index (χ3n) is 9.21. The van der Waals surface area contributed by atoms with Crippen LogP contribution in [-0.2, 0) is 21.5 Å². The Kier molecular flexibility index (Phi) is 9.29. The number of piperidine rings is 4. The molecule has 5 heteroatoms. The van der Waals surface area contributed by atoms with Crippen LogP contribution in [0.15, 0.2) is 60.7 Å². The van der Waals surface area contributed by atoms with E-state index in [4.69, 9.17) is 4.74 Å². The number of likely N-dealkylation sites (tertiary alicyclic amines) is 1. The quantitative estimate of drug-likeness (QED) is 0.271. The molecule has 4 aliphatic heterocycles. The SMILES string of the molecule is C[C@@](C(=O)O[C@H]1C[N+]2(CCCCc3ccccc3)CCC1CC2)(c1ccccc1)N1CCCCC1.[Br-]. The van der Waals surface area contributed by atoms with Gasteiger partial charge in [-0.15, -0.1) is 0 Å². The molecule has 0 N–H and O–H groups in total. The maximum atomic E-state index is 14.0. The second-order valence-corrected chi connectivity index (χ2v) is 11.4. The first-order chi connectivity index (χ1) is 17.1. The van der Waals surface area contributed by atoms with Crippen molar-refractivity contribution in [2.24, 2.45) is 5.92 Å². The Labute approximate surface area is 228 Å². The highest BCUT2D eigenvalue weighted by Crippen LogP contribution is 2.39. The van der Waals surface area contributed by atoms with E-state index in [2.05, 4.69) is 66.4 Å². The van der Waals surface area contributed by atoms with E-state index in [9.17, 15) is 4.79 Å². The van der Waals surface area contributed by atoms with E-state index in [-0.39, 0.29) is 29.1 Å². The van der Waals surface area contributed by atoms with Crippen LogP contribution in [0.4, 0.5) is 0 Å². The van der Waals surface area contributed by atoms with Crippen molar-refractivity contribution in [1.82, 2.24) is 4.90 Å². The minimum absolute atomic E-state index is 0. The largest absolute Gasteiger partial charge is 1.00 e. The molecular weight excluding hydrogens is 512 g/mol. The molecule has 36 heavy (non-hydrogen) atoms. The number of fused-ring (bicyclic) bond motifs is 3. The van der Waals surface area contributed by atoms with Gasteiger partial charge in [0.2, 0.25) is 0 Å². The van der Waals surface area contributed by atoms with Crippen LogP contribution < -0.4 is 17.0 Å². The monoisotopic (exact) mass is 554 g/mol. The molecule has 2 aromatic rings. The molecule has 4 heterocycles. The number of ether oxygens (including phenoxy) is 1. The summed E-state index contributed by atoms with van der Waals surface area (Å²) in [6, 6.07) is 21.2. The van der Waals surface area contributed by atoms with Crippen molar-refractivity contribution in [2.75, 3.05) is 39.3 Å². The second kappa shape index (κ2) is 12.2. The number of carbonyl (C=O) groups excluding carboxylic acids is 1. The molecular formula is C31H43BrN2O2. The highest BCUT2D eigenvalue weighted by molar-refractivity contribution is 5.82. The molecule has 4 fully saturated rings. The van der Waals surface area contributed by atoms with Gasteiger partial charge >= 0.3 is 5.97 Å². The highest BCUT2D eigenvalue weighted by atomic mass is 79.9. The maximum absolute atomic E-state index is 14.0. The molecule has 0 amide bonds. The summed E-state index contributed by atoms with van der Waals surface area (Å²) in [7, 11) is 0. The van der Waals surface area contributed by atoms with Gasteiger partial charge in [-0.3, -0.25) is 4.90 Å². The Morgan fingerprint density at radius 1 is 0.944 bits per heavy atom. The summed E-state index contributed by atoms with van der Waals surface area (Å²) in [5.41, 5.74) is 1.81. The van der Waals surface area contributed by atoms with Gasteiger partial charge in [-0.25, -0.2) is 4.79 Å². The molecule has 4 nitrogen and oxygen atoms in total. The lowest BCUT2D eigenvalue weighted by Gasteiger charge is -2.53. The number of aryl methyl sites for hydroxylation is 1. The number of carbonyl (C=O) groups is 1. The van der Waals surface area contributed by atoms with Crippen molar-refractivity contribution >= 4 is 5.97 Å². The number of halogens is 1. The Morgan fingerprint density at radius 2 is 1.58 bits per heavy atom. The van der Waals surface area contributed by atoms with Crippen LogP contribution in [0.2, 0.25) is 0 Å². The van der Waals surface area contributed by atoms with E-state index in [0.29, 0.717) is 5.92 Å². The van der Waals surface area contributed by atoms with Crippen LogP contribution in [0.5, 0.6) is 0 Å². The van der Waals surface area contributed by atoms with E-state index in [1.807, 2.05) is 6.07 Å². The van der Waals surface area contributed by atoms with Gasteiger partial charge in [-0.1, -0.05) is 67.1 Å². The van der Waals surface area contributed by atoms with Gasteiger partial charge in [0.05, 0.1) is 19.6 Å². The summed E-state index contributed by atoms with van der Waals surface area (Å²) in [5.74, 6) is 0.497. The van der Waals surface area contributed by atoms with E-state index in [1.54, 1.807) is 0 Å². The molecule has 4 aliphatic rings. The maximum Gasteiger partial charge on any atom is 0.331 e. The number of nitrogens with zero attached hydrogens (tertiary/aromatic N) is 2. The molecule has 0 spiro atoms. The van der Waals surface area contributed by atoms with Crippen molar-refractivity contribution in [3.63, 3.8) is 0 Å². The summed E-state index contributed by atoms with van der Waals surface area (Å²) < 4.78 is 7.65. The minimum atomic E-state index is -0.700. The van der Waals surface area contributed by atoms with Crippen molar-refractivity contribution in [3.8, 4) is 0 Å². The topological polar surface area (TPSA) is 29.5 Å². The number of rotatable bonds is 9. The van der Waals surface area contributed by atoms with Crippen LogP contribution in [0.1, 0.15) is 63.0 Å². The standard InChI is InChI=1S/C31H43N2O2.BrH/c1-31(28-16-7-3-8-17-28,32-20-10-4-11-21-32)30(34)35-29-25-33(23-18-27(29)19-24-33)22-12-9-15-26-13-5-2-6-14-26;/h2-3,5-8,13-14,16-17,27,29H,4,9-12,15,18-25H2,1H3;1H/q+1;/p-1/t27?,29-,31-,33?;/m0./s1. The van der Waals surface area contributed by atoms with Gasteiger partial charge in [-0.05, 0) is 63.2 Å². The first kappa shape index (κ1) is 27.3. The molecule has 2 aromatic carbocycles. The normalized spacial score (nSPS) is 27.6. The first-order valence-electron chi connectivity index (χ1n) is 14.0. The smallest absolute Gasteiger partial charge is 0.331 e. The van der Waals surface area contributed by atoms with Crippen LogP contribution in [-0.4, -0.2) is 60.7 Å². The number of quaternary nitrogens is 1. The molecule has 0 saturated carbocycles. The number of unbranched alkanes of at least 4 members (excludes halogenated alkanes) is 1. The number of esters is 1. The average Bonchev–Trinajstić information content (AvgIpc) is 2.93. The lowest BCUT2D eigenvalue weighted by molar-refractivity contribution is -0.946.